The highest BCUT2D eigenvalue weighted by Crippen LogP contribution is 2.20. The fraction of sp³-hybridized carbons (Fsp3) is 0.143. The molecule has 0 aromatic heterocycles. The predicted octanol–water partition coefficient (Wildman–Crippen LogP) is 4.80. The maximum absolute atomic E-state index is 14.6. The molecule has 0 bridgehead atoms. The van der Waals surface area contributed by atoms with Crippen molar-refractivity contribution in [1.82, 2.24) is 0 Å². The quantitative estimate of drug-likeness (QED) is 0.409. The minimum absolute atomic E-state index is 0.295. The highest BCUT2D eigenvalue weighted by molar-refractivity contribution is 6.87. The number of methoxy groups -OCH3 is 1. The molecule has 0 spiro atoms. The molecule has 26 heavy (non-hydrogen) atoms. The number of halogens is 1. The van der Waals surface area contributed by atoms with Crippen LogP contribution >= 0.6 is 0 Å². The Kier molecular flexibility index (Phi) is 7.09. The number of para-hydroxylation sites is 1. The number of rotatable bonds is 7. The van der Waals surface area contributed by atoms with Crippen LogP contribution in [0.3, 0.4) is 0 Å². The second-order valence-electron chi connectivity index (χ2n) is 5.67. The molecular weight excluding hydrogens is 328 g/mol. The minimum atomic E-state index is -1.99. The van der Waals surface area contributed by atoms with Gasteiger partial charge in [-0.1, -0.05) is 60.2 Å². The van der Waals surface area contributed by atoms with Gasteiger partial charge in [0.1, 0.15) is 5.75 Å². The first kappa shape index (κ1) is 19.4. The Balaban J connectivity index is 2.40. The van der Waals surface area contributed by atoms with Gasteiger partial charge >= 0.3 is 7.12 Å². The van der Waals surface area contributed by atoms with Gasteiger partial charge in [0, 0.05) is 11.1 Å². The zero-order valence-corrected chi connectivity index (χ0v) is 15.1. The van der Waals surface area contributed by atoms with Gasteiger partial charge < -0.3 is 4.74 Å². The highest BCUT2D eigenvalue weighted by Gasteiger charge is 2.27. The zero-order valence-electron chi connectivity index (χ0n) is 15.1. The summed E-state index contributed by atoms with van der Waals surface area (Å²) in [6, 6.07) is 13.9. The SMILES string of the molecule is C\C=C/C=C\C(=N\B(F)C(=O)c1ccc(C)cc1)c1ccccc1OC. The van der Waals surface area contributed by atoms with E-state index in [1.165, 1.54) is 7.11 Å². The van der Waals surface area contributed by atoms with Gasteiger partial charge in [-0.3, -0.25) is 14.0 Å². The molecule has 0 amide bonds. The zero-order chi connectivity index (χ0) is 18.9. The monoisotopic (exact) mass is 349 g/mol. The Morgan fingerprint density at radius 3 is 2.46 bits per heavy atom. The van der Waals surface area contributed by atoms with Gasteiger partial charge in [0.15, 0.2) is 5.68 Å². The maximum atomic E-state index is 14.6. The Bertz CT molecular complexity index is 841. The van der Waals surface area contributed by atoms with Gasteiger partial charge in [-0.15, -0.1) is 0 Å². The van der Waals surface area contributed by atoms with E-state index in [2.05, 4.69) is 4.90 Å². The maximum Gasteiger partial charge on any atom is 0.554 e. The summed E-state index contributed by atoms with van der Waals surface area (Å²) in [4.78, 5) is 16.4. The van der Waals surface area contributed by atoms with Gasteiger partial charge in [0.25, 0.3) is 0 Å². The van der Waals surface area contributed by atoms with Gasteiger partial charge in [-0.2, -0.15) is 0 Å². The van der Waals surface area contributed by atoms with Gasteiger partial charge in [0.05, 0.1) is 12.8 Å². The number of hydrogen-bond acceptors (Lipinski definition) is 3. The molecule has 0 aliphatic carbocycles. The van der Waals surface area contributed by atoms with E-state index in [0.29, 0.717) is 22.6 Å². The minimum Gasteiger partial charge on any atom is -0.496 e. The largest absolute Gasteiger partial charge is 0.554 e. The standard InChI is InChI=1S/C21H21BFNO2/c1-4-5-6-10-19(18-9-7-8-11-20(18)26-3)24-22(23)21(25)17-14-12-16(2)13-15-17/h4-15H,1-3H3/b5-4-,10-6-,24-19-. The van der Waals surface area contributed by atoms with Crippen LogP contribution in [-0.4, -0.2) is 25.6 Å². The van der Waals surface area contributed by atoms with E-state index >= 15 is 0 Å². The average Bonchev–Trinajstić information content (AvgIpc) is 2.67. The van der Waals surface area contributed by atoms with Crippen LogP contribution in [-0.2, 0) is 0 Å². The second-order valence-corrected chi connectivity index (χ2v) is 5.67. The molecule has 0 heterocycles. The molecule has 0 N–H and O–H groups in total. The van der Waals surface area contributed by atoms with Crippen LogP contribution in [0.25, 0.3) is 0 Å². The lowest BCUT2D eigenvalue weighted by molar-refractivity contribution is 0.106. The first-order valence-corrected chi connectivity index (χ1v) is 8.32. The van der Waals surface area contributed by atoms with Crippen molar-refractivity contribution in [3.05, 3.63) is 89.5 Å². The van der Waals surface area contributed by atoms with Crippen molar-refractivity contribution in [2.24, 2.45) is 4.90 Å². The van der Waals surface area contributed by atoms with Crippen molar-refractivity contribution in [2.45, 2.75) is 13.8 Å². The molecule has 0 aliphatic rings. The van der Waals surface area contributed by atoms with E-state index in [1.807, 2.05) is 32.1 Å². The molecule has 5 heteroatoms. The third-order valence-corrected chi connectivity index (χ3v) is 3.75. The van der Waals surface area contributed by atoms with Crippen molar-refractivity contribution < 1.29 is 13.8 Å². The number of carbonyl (C=O) groups is 1. The third-order valence-electron chi connectivity index (χ3n) is 3.75. The number of benzene rings is 2. The molecule has 3 nitrogen and oxygen atoms in total. The van der Waals surface area contributed by atoms with Gasteiger partial charge in [-0.05, 0) is 32.1 Å². The van der Waals surface area contributed by atoms with Crippen molar-refractivity contribution in [3.8, 4) is 5.75 Å². The molecule has 0 radical (unpaired) electrons. The summed E-state index contributed by atoms with van der Waals surface area (Å²) < 4.78 is 20.0. The van der Waals surface area contributed by atoms with E-state index in [0.717, 1.165) is 5.56 Å². The van der Waals surface area contributed by atoms with Crippen LogP contribution in [0.15, 0.2) is 77.7 Å². The molecule has 0 aliphatic heterocycles. The number of nitrogens with zero attached hydrogens (tertiary/aromatic N) is 1. The van der Waals surface area contributed by atoms with E-state index in [9.17, 15) is 9.11 Å². The molecular formula is C21H21BFNO2. The number of carbonyl (C=O) groups excluding carboxylic acids is 1. The van der Waals surface area contributed by atoms with E-state index in [4.69, 9.17) is 4.74 Å². The fourth-order valence-electron chi connectivity index (χ4n) is 2.35. The lowest BCUT2D eigenvalue weighted by Gasteiger charge is -2.09. The molecule has 0 saturated carbocycles. The van der Waals surface area contributed by atoms with Gasteiger partial charge in [0.2, 0.25) is 0 Å². The molecule has 0 atom stereocenters. The highest BCUT2D eigenvalue weighted by atomic mass is 19.1. The lowest BCUT2D eigenvalue weighted by atomic mass is 9.77. The summed E-state index contributed by atoms with van der Waals surface area (Å²) in [5, 5.41) is 0. The molecule has 0 unspecified atom stereocenters. The average molecular weight is 349 g/mol. The summed E-state index contributed by atoms with van der Waals surface area (Å²) in [6.45, 7) is 3.79. The van der Waals surface area contributed by atoms with Crippen molar-refractivity contribution in [2.75, 3.05) is 7.11 Å². The number of hydrogen-bond donors (Lipinski definition) is 0. The number of ether oxygens (including phenoxy) is 1. The topological polar surface area (TPSA) is 38.7 Å². The predicted molar refractivity (Wildman–Crippen MR) is 106 cm³/mol. The van der Waals surface area contributed by atoms with Crippen LogP contribution in [0.5, 0.6) is 5.75 Å². The first-order chi connectivity index (χ1) is 12.6. The molecule has 2 rings (SSSR count). The summed E-state index contributed by atoms with van der Waals surface area (Å²) in [5.41, 5.74) is 1.59. The Hall–Kier alpha value is -2.95. The third kappa shape index (κ3) is 5.02. The molecule has 2 aromatic rings. The second kappa shape index (κ2) is 9.52. The number of allylic oxidation sites excluding steroid dienone is 4. The van der Waals surface area contributed by atoms with Crippen LogP contribution in [0.2, 0.25) is 0 Å². The Morgan fingerprint density at radius 2 is 1.81 bits per heavy atom. The fourth-order valence-corrected chi connectivity index (χ4v) is 2.35. The smallest absolute Gasteiger partial charge is 0.496 e. The van der Waals surface area contributed by atoms with Crippen molar-refractivity contribution in [1.29, 1.82) is 0 Å². The first-order valence-electron chi connectivity index (χ1n) is 8.32. The Labute approximate surface area is 154 Å². The van der Waals surface area contributed by atoms with Crippen LogP contribution < -0.4 is 4.74 Å². The van der Waals surface area contributed by atoms with E-state index in [-0.39, 0.29) is 0 Å². The normalized spacial score (nSPS) is 11.9. The molecule has 0 fully saturated rings. The summed E-state index contributed by atoms with van der Waals surface area (Å²) >= 11 is 0. The van der Waals surface area contributed by atoms with Crippen molar-refractivity contribution in [3.63, 3.8) is 0 Å². The molecule has 2 aromatic carbocycles. The van der Waals surface area contributed by atoms with Crippen molar-refractivity contribution >= 4 is 18.5 Å². The molecule has 132 valence electrons. The lowest BCUT2D eigenvalue weighted by Crippen LogP contribution is -2.21. The van der Waals surface area contributed by atoms with Crippen LogP contribution in [0.1, 0.15) is 28.4 Å². The summed E-state index contributed by atoms with van der Waals surface area (Å²) in [6.07, 6.45) is 7.06. The summed E-state index contributed by atoms with van der Waals surface area (Å²) in [7, 11) is -0.455. The van der Waals surface area contributed by atoms with E-state index in [1.54, 1.807) is 54.6 Å². The number of aryl methyl sites for hydroxylation is 1. The summed E-state index contributed by atoms with van der Waals surface area (Å²) in [5.74, 6) is 0.561. The van der Waals surface area contributed by atoms with E-state index < -0.39 is 12.8 Å². The van der Waals surface area contributed by atoms with Crippen LogP contribution in [0, 0.1) is 6.92 Å². The van der Waals surface area contributed by atoms with Gasteiger partial charge in [-0.25, -0.2) is 0 Å². The molecule has 0 saturated heterocycles. The van der Waals surface area contributed by atoms with Crippen LogP contribution in [0.4, 0.5) is 4.32 Å². The Morgan fingerprint density at radius 1 is 1.12 bits per heavy atom.